The van der Waals surface area contributed by atoms with Gasteiger partial charge in [-0.05, 0) is 33.6 Å². The van der Waals surface area contributed by atoms with Crippen molar-refractivity contribution in [1.82, 2.24) is 10.2 Å². The minimum absolute atomic E-state index is 0.351. The van der Waals surface area contributed by atoms with Gasteiger partial charge in [-0.2, -0.15) is 0 Å². The van der Waals surface area contributed by atoms with Gasteiger partial charge < -0.3 is 21.1 Å². The fourth-order valence-electron chi connectivity index (χ4n) is 1.91. The highest BCUT2D eigenvalue weighted by Crippen LogP contribution is 2.29. The Hall–Kier alpha value is -1.79. The van der Waals surface area contributed by atoms with E-state index in [9.17, 15) is 19.5 Å². The molecule has 7 heteroatoms. The molecule has 1 unspecified atom stereocenters. The summed E-state index contributed by atoms with van der Waals surface area (Å²) in [5.74, 6) is -1.72. The Morgan fingerprint density at radius 1 is 1.39 bits per heavy atom. The molecule has 4 N–H and O–H groups in total. The number of amides is 3. The van der Waals surface area contributed by atoms with Gasteiger partial charge in [-0.1, -0.05) is 0 Å². The number of hydrogen-bond acceptors (Lipinski definition) is 3. The van der Waals surface area contributed by atoms with Crippen LogP contribution in [0.4, 0.5) is 4.79 Å². The Balaban J connectivity index is 2.85. The number of likely N-dealkylation sites (tertiary alicyclic amines) is 1. The van der Waals surface area contributed by atoms with E-state index in [-0.39, 0.29) is 0 Å². The normalized spacial score (nSPS) is 23.8. The van der Waals surface area contributed by atoms with E-state index in [1.165, 1.54) is 25.7 Å². The summed E-state index contributed by atoms with van der Waals surface area (Å²) in [6, 6.07) is -0.582. The summed E-state index contributed by atoms with van der Waals surface area (Å²) in [4.78, 5) is 35.6. The first-order valence-corrected chi connectivity index (χ1v) is 5.74. The zero-order chi connectivity index (χ0) is 14.1. The van der Waals surface area contributed by atoms with Crippen LogP contribution < -0.4 is 11.1 Å². The molecule has 1 aliphatic rings. The molecule has 102 valence electrons. The first-order chi connectivity index (χ1) is 8.11. The summed E-state index contributed by atoms with van der Waals surface area (Å²) in [5, 5.41) is 11.6. The van der Waals surface area contributed by atoms with Gasteiger partial charge in [0.05, 0.1) is 0 Å². The van der Waals surface area contributed by atoms with Crippen molar-refractivity contribution in [2.75, 3.05) is 6.54 Å². The predicted molar refractivity (Wildman–Crippen MR) is 63.8 cm³/mol. The lowest BCUT2D eigenvalue weighted by Crippen LogP contribution is -2.61. The zero-order valence-corrected chi connectivity index (χ0v) is 10.8. The average Bonchev–Trinajstić information content (AvgIpc) is 2.60. The molecule has 0 spiro atoms. The topological polar surface area (TPSA) is 113 Å². The number of nitrogens with one attached hydrogen (secondary N) is 1. The number of rotatable bonds is 3. The number of hydrogen-bond donors (Lipinski definition) is 3. The van der Waals surface area contributed by atoms with E-state index >= 15 is 0 Å². The fourth-order valence-corrected chi connectivity index (χ4v) is 1.91. The van der Waals surface area contributed by atoms with E-state index in [0.29, 0.717) is 19.4 Å². The maximum atomic E-state index is 12.0. The van der Waals surface area contributed by atoms with Crippen molar-refractivity contribution in [3.63, 3.8) is 0 Å². The molecule has 0 radical (unpaired) electrons. The molecule has 0 aromatic heterocycles. The lowest BCUT2D eigenvalue weighted by atomic mass is 9.99. The molecule has 0 bridgehead atoms. The Morgan fingerprint density at radius 3 is 2.39 bits per heavy atom. The number of nitrogens with zero attached hydrogens (tertiary/aromatic N) is 1. The largest absolute Gasteiger partial charge is 0.480 e. The first-order valence-electron chi connectivity index (χ1n) is 5.74. The van der Waals surface area contributed by atoms with Crippen molar-refractivity contribution in [3.05, 3.63) is 0 Å². The second-order valence-corrected chi connectivity index (χ2v) is 5.25. The number of carbonyl (C=O) groups excluding carboxylic acids is 2. The molecule has 1 aliphatic heterocycles. The summed E-state index contributed by atoms with van der Waals surface area (Å²) < 4.78 is 0. The number of primary amides is 1. The minimum atomic E-state index is -1.22. The Labute approximate surface area is 105 Å². The van der Waals surface area contributed by atoms with Crippen LogP contribution in [0.25, 0.3) is 0 Å². The first kappa shape index (κ1) is 14.3. The third-order valence-electron chi connectivity index (χ3n) is 3.38. The number of aliphatic carboxylic acids is 1. The maximum Gasteiger partial charge on any atom is 0.329 e. The van der Waals surface area contributed by atoms with Crippen LogP contribution in [0.3, 0.4) is 0 Å². The molecule has 7 nitrogen and oxygen atoms in total. The van der Waals surface area contributed by atoms with Gasteiger partial charge in [-0.25, -0.2) is 9.59 Å². The number of nitrogens with two attached hydrogens (primary N) is 1. The standard InChI is InChI=1S/C11H19N3O4/c1-10(2,7(12)15)13-9(18)14-6-4-5-11(14,3)8(16)17/h4-6H2,1-3H3,(H2,12,15)(H,13,18)(H,16,17). The quantitative estimate of drug-likeness (QED) is 0.655. The number of urea groups is 1. The Bertz CT molecular complexity index is 394. The molecule has 18 heavy (non-hydrogen) atoms. The second kappa shape index (κ2) is 4.47. The lowest BCUT2D eigenvalue weighted by molar-refractivity contribution is -0.147. The van der Waals surface area contributed by atoms with Gasteiger partial charge in [0.2, 0.25) is 5.91 Å². The van der Waals surface area contributed by atoms with Crippen LogP contribution in [0, 0.1) is 0 Å². The molecule has 1 rings (SSSR count). The van der Waals surface area contributed by atoms with Gasteiger partial charge in [0.15, 0.2) is 0 Å². The van der Waals surface area contributed by atoms with E-state index in [0.717, 1.165) is 0 Å². The van der Waals surface area contributed by atoms with Crippen LogP contribution in [0.5, 0.6) is 0 Å². The van der Waals surface area contributed by atoms with Gasteiger partial charge in [-0.3, -0.25) is 4.79 Å². The SMILES string of the molecule is CC(C)(NC(=O)N1CCCC1(C)C(=O)O)C(N)=O. The van der Waals surface area contributed by atoms with E-state index in [4.69, 9.17) is 5.73 Å². The molecule has 1 atom stereocenters. The minimum Gasteiger partial charge on any atom is -0.480 e. The highest BCUT2D eigenvalue weighted by Gasteiger charge is 2.47. The Kier molecular flexibility index (Phi) is 3.54. The van der Waals surface area contributed by atoms with Crippen LogP contribution in [0.1, 0.15) is 33.6 Å². The molecular weight excluding hydrogens is 238 g/mol. The van der Waals surface area contributed by atoms with Gasteiger partial charge >= 0.3 is 12.0 Å². The lowest BCUT2D eigenvalue weighted by Gasteiger charge is -2.34. The molecule has 3 amide bonds. The fraction of sp³-hybridized carbons (Fsp3) is 0.727. The van der Waals surface area contributed by atoms with E-state index < -0.39 is 29.0 Å². The number of carboxylic acid groups (broad SMARTS) is 1. The monoisotopic (exact) mass is 257 g/mol. The van der Waals surface area contributed by atoms with Gasteiger partial charge in [-0.15, -0.1) is 0 Å². The van der Waals surface area contributed by atoms with Gasteiger partial charge in [0.1, 0.15) is 11.1 Å². The molecule has 0 aromatic rings. The van der Waals surface area contributed by atoms with E-state index in [1.54, 1.807) is 0 Å². The van der Waals surface area contributed by atoms with Crippen molar-refractivity contribution in [3.8, 4) is 0 Å². The summed E-state index contributed by atoms with van der Waals surface area (Å²) in [5.41, 5.74) is 2.72. The van der Waals surface area contributed by atoms with Crippen molar-refractivity contribution in [2.45, 2.75) is 44.7 Å². The molecule has 1 fully saturated rings. The highest BCUT2D eigenvalue weighted by molar-refractivity contribution is 5.91. The van der Waals surface area contributed by atoms with E-state index in [2.05, 4.69) is 5.32 Å². The van der Waals surface area contributed by atoms with Crippen molar-refractivity contribution in [1.29, 1.82) is 0 Å². The van der Waals surface area contributed by atoms with Crippen molar-refractivity contribution < 1.29 is 19.5 Å². The maximum absolute atomic E-state index is 12.0. The highest BCUT2D eigenvalue weighted by atomic mass is 16.4. The molecule has 0 aliphatic carbocycles. The van der Waals surface area contributed by atoms with Crippen LogP contribution in [0.15, 0.2) is 0 Å². The summed E-state index contributed by atoms with van der Waals surface area (Å²) in [7, 11) is 0. The molecular formula is C11H19N3O4. The van der Waals surface area contributed by atoms with Gasteiger partial charge in [0.25, 0.3) is 0 Å². The van der Waals surface area contributed by atoms with Crippen molar-refractivity contribution >= 4 is 17.9 Å². The molecule has 1 heterocycles. The zero-order valence-electron chi connectivity index (χ0n) is 10.8. The Morgan fingerprint density at radius 2 is 1.94 bits per heavy atom. The average molecular weight is 257 g/mol. The van der Waals surface area contributed by atoms with Crippen LogP contribution in [-0.4, -0.2) is 45.5 Å². The van der Waals surface area contributed by atoms with Crippen molar-refractivity contribution in [2.24, 2.45) is 5.73 Å². The smallest absolute Gasteiger partial charge is 0.329 e. The summed E-state index contributed by atoms with van der Waals surface area (Å²) >= 11 is 0. The van der Waals surface area contributed by atoms with E-state index in [1.807, 2.05) is 0 Å². The van der Waals surface area contributed by atoms with Gasteiger partial charge in [0, 0.05) is 6.54 Å². The second-order valence-electron chi connectivity index (χ2n) is 5.25. The van der Waals surface area contributed by atoms with Crippen LogP contribution >= 0.6 is 0 Å². The third kappa shape index (κ3) is 2.39. The van der Waals surface area contributed by atoms with Crippen LogP contribution in [0.2, 0.25) is 0 Å². The number of carbonyl (C=O) groups is 3. The van der Waals surface area contributed by atoms with Crippen LogP contribution in [-0.2, 0) is 9.59 Å². The summed E-state index contributed by atoms with van der Waals surface area (Å²) in [6.45, 7) is 4.80. The number of carboxylic acids is 1. The third-order valence-corrected chi connectivity index (χ3v) is 3.38. The molecule has 0 aromatic carbocycles. The molecule has 1 saturated heterocycles. The predicted octanol–water partition coefficient (Wildman–Crippen LogP) is -0.101. The summed E-state index contributed by atoms with van der Waals surface area (Å²) in [6.07, 6.45) is 1.01. The molecule has 0 saturated carbocycles.